The second-order valence-corrected chi connectivity index (χ2v) is 5.44. The van der Waals surface area contributed by atoms with Crippen LogP contribution in [-0.2, 0) is 9.53 Å². The van der Waals surface area contributed by atoms with Crippen LogP contribution < -0.4 is 5.32 Å². The monoisotopic (exact) mass is 367 g/mol. The fourth-order valence-corrected chi connectivity index (χ4v) is 2.12. The summed E-state index contributed by atoms with van der Waals surface area (Å²) in [6.45, 7) is 3.31. The van der Waals surface area contributed by atoms with Crippen LogP contribution in [0.4, 0.5) is 11.5 Å². The molecule has 0 aliphatic rings. The normalized spacial score (nSPS) is 11.6. The van der Waals surface area contributed by atoms with Crippen molar-refractivity contribution in [3.63, 3.8) is 0 Å². The predicted octanol–water partition coefficient (Wildman–Crippen LogP) is 3.12. The van der Waals surface area contributed by atoms with E-state index in [9.17, 15) is 19.7 Å². The number of hydrogen-bond acceptors (Lipinski definition) is 7. The van der Waals surface area contributed by atoms with Gasteiger partial charge in [0.25, 0.3) is 11.6 Å². The predicted molar refractivity (Wildman–Crippen MR) is 87.5 cm³/mol. The first-order valence-electron chi connectivity index (χ1n) is 7.21. The Kier molecular flexibility index (Phi) is 5.71. The van der Waals surface area contributed by atoms with E-state index in [1.54, 1.807) is 13.8 Å². The molecule has 10 heteroatoms. The van der Waals surface area contributed by atoms with E-state index in [1.807, 2.05) is 0 Å². The summed E-state index contributed by atoms with van der Waals surface area (Å²) in [7, 11) is 0. The molecule has 0 radical (unpaired) electrons. The molecule has 2 rings (SSSR count). The highest BCUT2D eigenvalue weighted by atomic mass is 35.5. The van der Waals surface area contributed by atoms with Crippen LogP contribution >= 0.6 is 11.6 Å². The highest BCUT2D eigenvalue weighted by Crippen LogP contribution is 2.25. The maximum Gasteiger partial charge on any atom is 0.339 e. The molecule has 25 heavy (non-hydrogen) atoms. The second kappa shape index (κ2) is 7.75. The summed E-state index contributed by atoms with van der Waals surface area (Å²) in [6.07, 6.45) is -0.899. The number of carbonyl (C=O) groups excluding carboxylic acids is 2. The Labute approximate surface area is 147 Å². The SMILES string of the molecule is CCC(OC(=O)c1ccc(Cl)c([N+](=O)[O-])c1)C(=O)Nc1cc(C)on1. The van der Waals surface area contributed by atoms with Crippen LogP contribution in [0.15, 0.2) is 28.8 Å². The van der Waals surface area contributed by atoms with Crippen LogP contribution in [-0.4, -0.2) is 28.1 Å². The largest absolute Gasteiger partial charge is 0.449 e. The van der Waals surface area contributed by atoms with E-state index >= 15 is 0 Å². The third kappa shape index (κ3) is 4.54. The summed E-state index contributed by atoms with van der Waals surface area (Å²) in [5, 5.41) is 16.8. The topological polar surface area (TPSA) is 125 Å². The van der Waals surface area contributed by atoms with Crippen LogP contribution in [0.2, 0.25) is 5.02 Å². The van der Waals surface area contributed by atoms with Crippen molar-refractivity contribution in [3.8, 4) is 0 Å². The molecule has 1 unspecified atom stereocenters. The molecule has 0 bridgehead atoms. The third-order valence-electron chi connectivity index (χ3n) is 3.17. The molecular weight excluding hydrogens is 354 g/mol. The highest BCUT2D eigenvalue weighted by Gasteiger charge is 2.24. The van der Waals surface area contributed by atoms with E-state index in [2.05, 4.69) is 10.5 Å². The van der Waals surface area contributed by atoms with E-state index in [4.69, 9.17) is 20.9 Å². The fraction of sp³-hybridized carbons (Fsp3) is 0.267. The van der Waals surface area contributed by atoms with Crippen molar-refractivity contribution in [2.24, 2.45) is 0 Å². The number of ether oxygens (including phenoxy) is 1. The lowest BCUT2D eigenvalue weighted by Crippen LogP contribution is -2.32. The quantitative estimate of drug-likeness (QED) is 0.472. The number of anilines is 1. The lowest BCUT2D eigenvalue weighted by Gasteiger charge is -2.15. The Hall–Kier alpha value is -2.94. The van der Waals surface area contributed by atoms with Crippen molar-refractivity contribution < 1.29 is 23.8 Å². The van der Waals surface area contributed by atoms with Crippen LogP contribution in [0.3, 0.4) is 0 Å². The molecule has 1 aromatic carbocycles. The first-order chi connectivity index (χ1) is 11.8. The summed E-state index contributed by atoms with van der Waals surface area (Å²) in [5.74, 6) is -0.765. The molecule has 0 fully saturated rings. The first-order valence-corrected chi connectivity index (χ1v) is 7.58. The minimum absolute atomic E-state index is 0.0837. The number of rotatable bonds is 6. The zero-order valence-electron chi connectivity index (χ0n) is 13.3. The number of nitrogens with one attached hydrogen (secondary N) is 1. The maximum atomic E-state index is 12.2. The van der Waals surface area contributed by atoms with E-state index < -0.39 is 28.6 Å². The minimum Gasteiger partial charge on any atom is -0.449 e. The molecule has 1 heterocycles. The van der Waals surface area contributed by atoms with Crippen molar-refractivity contribution in [2.45, 2.75) is 26.4 Å². The lowest BCUT2D eigenvalue weighted by molar-refractivity contribution is -0.384. The Morgan fingerprint density at radius 1 is 1.44 bits per heavy atom. The van der Waals surface area contributed by atoms with E-state index in [0.29, 0.717) is 5.76 Å². The summed E-state index contributed by atoms with van der Waals surface area (Å²) < 4.78 is 9.95. The van der Waals surface area contributed by atoms with Crippen molar-refractivity contribution in [1.29, 1.82) is 0 Å². The van der Waals surface area contributed by atoms with Crippen LogP contribution in [0, 0.1) is 17.0 Å². The molecule has 1 atom stereocenters. The molecular formula is C15H14ClN3O6. The number of halogens is 1. The van der Waals surface area contributed by atoms with Crippen LogP contribution in [0.25, 0.3) is 0 Å². The number of nitrogens with zero attached hydrogens (tertiary/aromatic N) is 2. The Morgan fingerprint density at radius 2 is 2.16 bits per heavy atom. The summed E-state index contributed by atoms with van der Waals surface area (Å²) in [6, 6.07) is 5.00. The molecule has 1 aromatic heterocycles. The number of nitro groups is 1. The molecule has 0 saturated carbocycles. The van der Waals surface area contributed by atoms with Gasteiger partial charge in [-0.2, -0.15) is 0 Å². The Balaban J connectivity index is 2.10. The number of nitro benzene ring substituents is 1. The van der Waals surface area contributed by atoms with Gasteiger partial charge in [-0.3, -0.25) is 14.9 Å². The molecule has 0 saturated heterocycles. The number of benzene rings is 1. The Bertz CT molecular complexity index is 819. The molecule has 0 spiro atoms. The standard InChI is InChI=1S/C15H14ClN3O6/c1-3-12(14(20)17-13-6-8(2)25-18-13)24-15(21)9-4-5-10(16)11(7-9)19(22)23/h4-7,12H,3H2,1-2H3,(H,17,18,20). The number of hydrogen-bond donors (Lipinski definition) is 1. The van der Waals surface area contributed by atoms with Gasteiger partial charge in [0, 0.05) is 12.1 Å². The van der Waals surface area contributed by atoms with Gasteiger partial charge in [0.05, 0.1) is 10.5 Å². The average Bonchev–Trinajstić information content (AvgIpc) is 2.97. The molecule has 1 amide bonds. The Morgan fingerprint density at radius 3 is 2.72 bits per heavy atom. The average molecular weight is 368 g/mol. The molecule has 132 valence electrons. The van der Waals surface area contributed by atoms with Gasteiger partial charge in [-0.05, 0) is 25.5 Å². The molecule has 2 aromatic rings. The first kappa shape index (κ1) is 18.4. The van der Waals surface area contributed by atoms with E-state index in [-0.39, 0.29) is 22.8 Å². The second-order valence-electron chi connectivity index (χ2n) is 5.04. The highest BCUT2D eigenvalue weighted by molar-refractivity contribution is 6.32. The maximum absolute atomic E-state index is 12.2. The number of carbonyl (C=O) groups is 2. The zero-order valence-corrected chi connectivity index (χ0v) is 14.1. The van der Waals surface area contributed by atoms with Crippen molar-refractivity contribution in [3.05, 3.63) is 50.7 Å². The van der Waals surface area contributed by atoms with Crippen LogP contribution in [0.5, 0.6) is 0 Å². The van der Waals surface area contributed by atoms with Crippen LogP contribution in [0.1, 0.15) is 29.5 Å². The van der Waals surface area contributed by atoms with Crippen molar-refractivity contribution in [1.82, 2.24) is 5.16 Å². The fourth-order valence-electron chi connectivity index (χ4n) is 1.93. The van der Waals surface area contributed by atoms with E-state index in [0.717, 1.165) is 6.07 Å². The lowest BCUT2D eigenvalue weighted by atomic mass is 10.2. The van der Waals surface area contributed by atoms with Crippen molar-refractivity contribution in [2.75, 3.05) is 5.32 Å². The molecule has 1 N–H and O–H groups in total. The van der Waals surface area contributed by atoms with E-state index in [1.165, 1.54) is 18.2 Å². The van der Waals surface area contributed by atoms with Gasteiger partial charge in [-0.25, -0.2) is 4.79 Å². The summed E-state index contributed by atoms with van der Waals surface area (Å²) in [4.78, 5) is 34.5. The summed E-state index contributed by atoms with van der Waals surface area (Å²) in [5.41, 5.74) is -0.508. The van der Waals surface area contributed by atoms with Gasteiger partial charge in [-0.15, -0.1) is 0 Å². The number of aromatic nitrogens is 1. The van der Waals surface area contributed by atoms with Gasteiger partial charge in [0.15, 0.2) is 11.9 Å². The smallest absolute Gasteiger partial charge is 0.339 e. The molecule has 9 nitrogen and oxygen atoms in total. The minimum atomic E-state index is -1.10. The molecule has 0 aliphatic carbocycles. The summed E-state index contributed by atoms with van der Waals surface area (Å²) >= 11 is 5.70. The van der Waals surface area contributed by atoms with Gasteiger partial charge in [0.2, 0.25) is 0 Å². The third-order valence-corrected chi connectivity index (χ3v) is 3.49. The number of aryl methyl sites for hydroxylation is 1. The van der Waals surface area contributed by atoms with Gasteiger partial charge in [-0.1, -0.05) is 23.7 Å². The van der Waals surface area contributed by atoms with Crippen molar-refractivity contribution >= 4 is 35.0 Å². The number of esters is 1. The van der Waals surface area contributed by atoms with Gasteiger partial charge in [0.1, 0.15) is 10.8 Å². The number of amides is 1. The zero-order chi connectivity index (χ0) is 18.6. The van der Waals surface area contributed by atoms with Gasteiger partial charge >= 0.3 is 5.97 Å². The van der Waals surface area contributed by atoms with Gasteiger partial charge < -0.3 is 14.6 Å². The molecule has 0 aliphatic heterocycles.